The Morgan fingerprint density at radius 3 is 2.52 bits per heavy atom. The molecule has 0 spiro atoms. The van der Waals surface area contributed by atoms with Gasteiger partial charge in [-0.25, -0.2) is 8.78 Å². The van der Waals surface area contributed by atoms with Gasteiger partial charge in [0.25, 0.3) is 5.91 Å². The minimum Gasteiger partial charge on any atom is -0.361 e. The number of aryl methyl sites for hydroxylation is 2. The number of carbonyl (C=O) groups is 1. The van der Waals surface area contributed by atoms with Crippen LogP contribution in [0.15, 0.2) is 51.9 Å². The van der Waals surface area contributed by atoms with E-state index in [1.165, 1.54) is 23.9 Å². The number of amides is 1. The monoisotopic (exact) mass is 388 g/mol. The molecule has 1 heterocycles. The molecule has 0 saturated heterocycles. The zero-order chi connectivity index (χ0) is 19.4. The summed E-state index contributed by atoms with van der Waals surface area (Å²) >= 11 is 1.51. The normalized spacial score (nSPS) is 10.8. The molecular weight excluding hydrogens is 370 g/mol. The van der Waals surface area contributed by atoms with Crippen molar-refractivity contribution < 1.29 is 18.1 Å². The third-order valence-electron chi connectivity index (χ3n) is 4.06. The van der Waals surface area contributed by atoms with Gasteiger partial charge in [0.05, 0.1) is 11.3 Å². The predicted molar refractivity (Wildman–Crippen MR) is 99.5 cm³/mol. The lowest BCUT2D eigenvalue weighted by molar-refractivity contribution is 0.0948. The number of thioether (sulfide) groups is 1. The van der Waals surface area contributed by atoms with Crippen LogP contribution in [0.4, 0.5) is 8.78 Å². The molecule has 3 aromatic rings. The first-order valence-corrected chi connectivity index (χ1v) is 9.29. The van der Waals surface area contributed by atoms with Crippen molar-refractivity contribution in [3.05, 3.63) is 82.2 Å². The second-order valence-electron chi connectivity index (χ2n) is 6.05. The van der Waals surface area contributed by atoms with Crippen molar-refractivity contribution in [2.45, 2.75) is 31.0 Å². The first kappa shape index (κ1) is 19.1. The van der Waals surface area contributed by atoms with Gasteiger partial charge in [0, 0.05) is 28.8 Å². The largest absolute Gasteiger partial charge is 0.361 e. The maximum atomic E-state index is 13.3. The van der Waals surface area contributed by atoms with Crippen LogP contribution in [0, 0.1) is 25.5 Å². The van der Waals surface area contributed by atoms with Crippen LogP contribution in [0.3, 0.4) is 0 Å². The average molecular weight is 388 g/mol. The van der Waals surface area contributed by atoms with Gasteiger partial charge in [0.15, 0.2) is 0 Å². The molecule has 0 unspecified atom stereocenters. The molecule has 1 aromatic heterocycles. The van der Waals surface area contributed by atoms with Crippen molar-refractivity contribution in [3.63, 3.8) is 0 Å². The second-order valence-corrected chi connectivity index (χ2v) is 7.07. The van der Waals surface area contributed by atoms with Crippen LogP contribution in [0.2, 0.25) is 0 Å². The smallest absolute Gasteiger partial charge is 0.252 e. The molecule has 0 aliphatic rings. The van der Waals surface area contributed by atoms with Crippen LogP contribution in [0.5, 0.6) is 0 Å². The van der Waals surface area contributed by atoms with E-state index in [2.05, 4.69) is 10.5 Å². The molecule has 27 heavy (non-hydrogen) atoms. The molecule has 0 aliphatic carbocycles. The summed E-state index contributed by atoms with van der Waals surface area (Å²) in [6.45, 7) is 3.77. The highest BCUT2D eigenvalue weighted by Gasteiger charge is 2.14. The lowest BCUT2D eigenvalue weighted by atomic mass is 10.2. The van der Waals surface area contributed by atoms with Crippen molar-refractivity contribution >= 4 is 17.7 Å². The Bertz CT molecular complexity index is 933. The quantitative estimate of drug-likeness (QED) is 0.617. The first-order chi connectivity index (χ1) is 12.9. The Kier molecular flexibility index (Phi) is 5.91. The van der Waals surface area contributed by atoms with Gasteiger partial charge in [-0.2, -0.15) is 0 Å². The van der Waals surface area contributed by atoms with E-state index in [9.17, 15) is 13.6 Å². The Morgan fingerprint density at radius 2 is 1.85 bits per heavy atom. The van der Waals surface area contributed by atoms with Gasteiger partial charge in [-0.3, -0.25) is 4.79 Å². The number of aromatic nitrogens is 1. The number of hydrogen-bond donors (Lipinski definition) is 1. The van der Waals surface area contributed by atoms with Crippen molar-refractivity contribution in [1.82, 2.24) is 10.5 Å². The SMILES string of the molecule is Cc1noc(C)c1CSc1ccccc1C(=O)NCc1cc(F)cc(F)c1. The van der Waals surface area contributed by atoms with Gasteiger partial charge < -0.3 is 9.84 Å². The van der Waals surface area contributed by atoms with Gasteiger partial charge >= 0.3 is 0 Å². The molecule has 7 heteroatoms. The van der Waals surface area contributed by atoms with E-state index < -0.39 is 11.6 Å². The number of rotatable bonds is 6. The van der Waals surface area contributed by atoms with Gasteiger partial charge in [-0.15, -0.1) is 11.8 Å². The molecular formula is C20H18F2N2O2S. The number of carbonyl (C=O) groups excluding carboxylic acids is 1. The Labute approximate surface area is 160 Å². The first-order valence-electron chi connectivity index (χ1n) is 8.31. The fourth-order valence-electron chi connectivity index (χ4n) is 2.63. The molecule has 0 aliphatic heterocycles. The van der Waals surface area contributed by atoms with Crippen LogP contribution < -0.4 is 5.32 Å². The summed E-state index contributed by atoms with van der Waals surface area (Å²) in [7, 11) is 0. The highest BCUT2D eigenvalue weighted by atomic mass is 32.2. The molecule has 2 aromatic carbocycles. The molecule has 1 N–H and O–H groups in total. The van der Waals surface area contributed by atoms with Crippen molar-refractivity contribution in [3.8, 4) is 0 Å². The van der Waals surface area contributed by atoms with Crippen LogP contribution in [0.25, 0.3) is 0 Å². The van der Waals surface area contributed by atoms with E-state index in [1.807, 2.05) is 26.0 Å². The maximum absolute atomic E-state index is 13.3. The number of halogens is 2. The highest BCUT2D eigenvalue weighted by Crippen LogP contribution is 2.28. The van der Waals surface area contributed by atoms with Crippen molar-refractivity contribution in [2.24, 2.45) is 0 Å². The van der Waals surface area contributed by atoms with Crippen molar-refractivity contribution in [1.29, 1.82) is 0 Å². The van der Waals surface area contributed by atoms with E-state index in [0.717, 1.165) is 28.0 Å². The summed E-state index contributed by atoms with van der Waals surface area (Å²) in [4.78, 5) is 13.4. The average Bonchev–Trinajstić information content (AvgIpc) is 2.95. The van der Waals surface area contributed by atoms with Crippen LogP contribution in [-0.4, -0.2) is 11.1 Å². The fraction of sp³-hybridized carbons (Fsp3) is 0.200. The van der Waals surface area contributed by atoms with Gasteiger partial charge in [-0.1, -0.05) is 17.3 Å². The minimum atomic E-state index is -0.672. The lowest BCUT2D eigenvalue weighted by Crippen LogP contribution is -2.23. The molecule has 1 amide bonds. The zero-order valence-corrected chi connectivity index (χ0v) is 15.7. The maximum Gasteiger partial charge on any atom is 0.252 e. The molecule has 4 nitrogen and oxygen atoms in total. The van der Waals surface area contributed by atoms with E-state index in [1.54, 1.807) is 12.1 Å². The number of nitrogens with one attached hydrogen (secondary N) is 1. The van der Waals surface area contributed by atoms with Crippen LogP contribution >= 0.6 is 11.8 Å². The summed E-state index contributed by atoms with van der Waals surface area (Å²) < 4.78 is 31.7. The standard InChI is InChI=1S/C20H18F2N2O2S/c1-12-18(13(2)26-24-12)11-27-19-6-4-3-5-17(19)20(25)23-10-14-7-15(21)9-16(22)8-14/h3-9H,10-11H2,1-2H3,(H,23,25). The fourth-order valence-corrected chi connectivity index (χ4v) is 3.83. The molecule has 0 bridgehead atoms. The third-order valence-corrected chi connectivity index (χ3v) is 5.16. The second kappa shape index (κ2) is 8.35. The molecule has 0 atom stereocenters. The van der Waals surface area contributed by atoms with E-state index in [4.69, 9.17) is 4.52 Å². The van der Waals surface area contributed by atoms with Crippen LogP contribution in [-0.2, 0) is 12.3 Å². The summed E-state index contributed by atoms with van der Waals surface area (Å²) in [5.74, 6) is -0.262. The number of hydrogen-bond acceptors (Lipinski definition) is 4. The molecule has 0 saturated carbocycles. The minimum absolute atomic E-state index is 0.0381. The summed E-state index contributed by atoms with van der Waals surface area (Å²) in [6, 6.07) is 10.4. The van der Waals surface area contributed by atoms with Gasteiger partial charge in [0.2, 0.25) is 0 Å². The summed E-state index contributed by atoms with van der Waals surface area (Å²) in [5, 5.41) is 6.64. The molecule has 140 valence electrons. The molecule has 0 radical (unpaired) electrons. The third kappa shape index (κ3) is 4.74. The molecule has 0 fully saturated rings. The Hall–Kier alpha value is -2.67. The summed E-state index contributed by atoms with van der Waals surface area (Å²) in [6.07, 6.45) is 0. The van der Waals surface area contributed by atoms with Gasteiger partial charge in [-0.05, 0) is 43.7 Å². The van der Waals surface area contributed by atoms with E-state index >= 15 is 0 Å². The van der Waals surface area contributed by atoms with Gasteiger partial charge in [0.1, 0.15) is 17.4 Å². The predicted octanol–water partition coefficient (Wildman–Crippen LogP) is 4.79. The lowest BCUT2D eigenvalue weighted by Gasteiger charge is -2.10. The molecule has 3 rings (SSSR count). The summed E-state index contributed by atoms with van der Waals surface area (Å²) in [5.41, 5.74) is 2.70. The van der Waals surface area contributed by atoms with Crippen LogP contribution in [0.1, 0.15) is 32.9 Å². The number of nitrogens with zero attached hydrogens (tertiary/aromatic N) is 1. The van der Waals surface area contributed by atoms with E-state index in [-0.39, 0.29) is 12.5 Å². The highest BCUT2D eigenvalue weighted by molar-refractivity contribution is 7.98. The topological polar surface area (TPSA) is 55.1 Å². The van der Waals surface area contributed by atoms with E-state index in [0.29, 0.717) is 16.9 Å². The Morgan fingerprint density at radius 1 is 1.15 bits per heavy atom. The van der Waals surface area contributed by atoms with Crippen molar-refractivity contribution in [2.75, 3.05) is 0 Å². The Balaban J connectivity index is 1.70. The zero-order valence-electron chi connectivity index (χ0n) is 14.9. The number of benzene rings is 2.